The second kappa shape index (κ2) is 6.50. The minimum atomic E-state index is -1.03. The lowest BCUT2D eigenvalue weighted by molar-refractivity contribution is -0.120. The zero-order valence-electron chi connectivity index (χ0n) is 12.7. The molecule has 120 valence electrons. The number of fused-ring (bicyclic) bond motifs is 1. The second-order valence-corrected chi connectivity index (χ2v) is 6.62. The summed E-state index contributed by atoms with van der Waals surface area (Å²) in [6, 6.07) is 9.44. The maximum absolute atomic E-state index is 12.5. The highest BCUT2D eigenvalue weighted by molar-refractivity contribution is 8.00. The first kappa shape index (κ1) is 15.7. The van der Waals surface area contributed by atoms with Crippen LogP contribution in [-0.2, 0) is 17.8 Å². The van der Waals surface area contributed by atoms with Gasteiger partial charge in [0.05, 0.1) is 6.54 Å². The van der Waals surface area contributed by atoms with E-state index in [2.05, 4.69) is 11.4 Å². The van der Waals surface area contributed by atoms with Gasteiger partial charge in [-0.2, -0.15) is 0 Å². The molecule has 1 aliphatic rings. The number of carboxylic acid groups (broad SMARTS) is 1. The Morgan fingerprint density at radius 2 is 2.17 bits per heavy atom. The highest BCUT2D eigenvalue weighted by Gasteiger charge is 2.27. The van der Waals surface area contributed by atoms with Gasteiger partial charge in [0.15, 0.2) is 0 Å². The van der Waals surface area contributed by atoms with E-state index in [4.69, 9.17) is 9.52 Å². The van der Waals surface area contributed by atoms with Crippen molar-refractivity contribution in [1.82, 2.24) is 5.32 Å². The summed E-state index contributed by atoms with van der Waals surface area (Å²) in [5.74, 6) is 0.605. The van der Waals surface area contributed by atoms with Crippen LogP contribution in [0, 0.1) is 6.92 Å². The van der Waals surface area contributed by atoms with E-state index in [0.29, 0.717) is 11.5 Å². The van der Waals surface area contributed by atoms with Crippen LogP contribution in [0.15, 0.2) is 34.7 Å². The van der Waals surface area contributed by atoms with Crippen LogP contribution < -0.4 is 5.32 Å². The first-order valence-electron chi connectivity index (χ1n) is 7.36. The number of aryl methyl sites for hydroxylation is 2. The van der Waals surface area contributed by atoms with E-state index in [9.17, 15) is 9.59 Å². The fourth-order valence-electron chi connectivity index (χ4n) is 2.72. The molecule has 2 heterocycles. The van der Waals surface area contributed by atoms with Crippen molar-refractivity contribution in [2.75, 3.05) is 5.75 Å². The lowest BCUT2D eigenvalue weighted by Gasteiger charge is -2.24. The fraction of sp³-hybridized carbons (Fsp3) is 0.294. The van der Waals surface area contributed by atoms with Gasteiger partial charge >= 0.3 is 5.97 Å². The van der Waals surface area contributed by atoms with Crippen molar-refractivity contribution in [2.45, 2.75) is 25.1 Å². The monoisotopic (exact) mass is 331 g/mol. The SMILES string of the molecule is Cc1oc(CNC(=O)[C@H]2SCCc3ccccc32)cc1C(=O)O. The quantitative estimate of drug-likeness (QED) is 0.900. The van der Waals surface area contributed by atoms with E-state index in [0.717, 1.165) is 17.7 Å². The molecule has 0 unspecified atom stereocenters. The molecule has 1 aromatic carbocycles. The number of carbonyl (C=O) groups is 2. The van der Waals surface area contributed by atoms with Gasteiger partial charge in [-0.25, -0.2) is 4.79 Å². The average molecular weight is 331 g/mol. The number of nitrogens with one attached hydrogen (secondary N) is 1. The number of hydrogen-bond acceptors (Lipinski definition) is 4. The molecule has 0 saturated heterocycles. The third-order valence-electron chi connectivity index (χ3n) is 3.87. The highest BCUT2D eigenvalue weighted by atomic mass is 32.2. The maximum Gasteiger partial charge on any atom is 0.339 e. The molecule has 0 fully saturated rings. The summed E-state index contributed by atoms with van der Waals surface area (Å²) in [6.45, 7) is 1.79. The Labute approximate surface area is 138 Å². The van der Waals surface area contributed by atoms with E-state index in [1.54, 1.807) is 18.7 Å². The smallest absolute Gasteiger partial charge is 0.339 e. The number of thioether (sulfide) groups is 1. The van der Waals surface area contributed by atoms with Crippen LogP contribution in [0.4, 0.5) is 0 Å². The Kier molecular flexibility index (Phi) is 4.43. The number of benzene rings is 1. The number of carboxylic acids is 1. The number of furan rings is 1. The molecule has 2 N–H and O–H groups in total. The van der Waals surface area contributed by atoms with E-state index < -0.39 is 5.97 Å². The van der Waals surface area contributed by atoms with Crippen LogP contribution in [0.2, 0.25) is 0 Å². The summed E-state index contributed by atoms with van der Waals surface area (Å²) in [6.07, 6.45) is 0.976. The summed E-state index contributed by atoms with van der Waals surface area (Å²) in [5, 5.41) is 11.6. The van der Waals surface area contributed by atoms with E-state index >= 15 is 0 Å². The first-order chi connectivity index (χ1) is 11.1. The van der Waals surface area contributed by atoms with E-state index in [1.165, 1.54) is 11.6 Å². The Hall–Kier alpha value is -2.21. The summed E-state index contributed by atoms with van der Waals surface area (Å²) >= 11 is 1.63. The third kappa shape index (κ3) is 3.27. The molecule has 0 radical (unpaired) electrons. The Morgan fingerprint density at radius 3 is 2.91 bits per heavy atom. The largest absolute Gasteiger partial charge is 0.478 e. The van der Waals surface area contributed by atoms with E-state index in [1.807, 2.05) is 18.2 Å². The average Bonchev–Trinajstić information content (AvgIpc) is 2.93. The van der Waals surface area contributed by atoms with Crippen LogP contribution in [0.1, 0.15) is 38.3 Å². The van der Waals surface area contributed by atoms with Crippen LogP contribution in [0.3, 0.4) is 0 Å². The van der Waals surface area contributed by atoms with Crippen LogP contribution >= 0.6 is 11.8 Å². The van der Waals surface area contributed by atoms with Gasteiger partial charge in [0.2, 0.25) is 5.91 Å². The highest BCUT2D eigenvalue weighted by Crippen LogP contribution is 2.36. The predicted octanol–water partition coefficient (Wildman–Crippen LogP) is 2.93. The number of carbonyl (C=O) groups excluding carboxylic acids is 1. The molecule has 5 nitrogen and oxygen atoms in total. The van der Waals surface area contributed by atoms with Gasteiger partial charge < -0.3 is 14.8 Å². The second-order valence-electron chi connectivity index (χ2n) is 5.41. The van der Waals surface area contributed by atoms with Crippen LogP contribution in [-0.4, -0.2) is 22.7 Å². The van der Waals surface area contributed by atoms with Gasteiger partial charge in [-0.1, -0.05) is 24.3 Å². The van der Waals surface area contributed by atoms with Crippen molar-refractivity contribution >= 4 is 23.6 Å². The molecule has 1 atom stereocenters. The number of aromatic carboxylic acids is 1. The van der Waals surface area contributed by atoms with Crippen LogP contribution in [0.25, 0.3) is 0 Å². The number of hydrogen-bond donors (Lipinski definition) is 2. The van der Waals surface area contributed by atoms with Crippen molar-refractivity contribution < 1.29 is 19.1 Å². The Balaban J connectivity index is 1.69. The van der Waals surface area contributed by atoms with Crippen LogP contribution in [0.5, 0.6) is 0 Å². The minimum Gasteiger partial charge on any atom is -0.478 e. The molecular weight excluding hydrogens is 314 g/mol. The van der Waals surface area contributed by atoms with Gasteiger partial charge in [0.25, 0.3) is 0 Å². The summed E-state index contributed by atoms with van der Waals surface area (Å²) in [7, 11) is 0. The zero-order valence-corrected chi connectivity index (χ0v) is 13.5. The summed E-state index contributed by atoms with van der Waals surface area (Å²) < 4.78 is 5.38. The van der Waals surface area contributed by atoms with Gasteiger partial charge in [-0.05, 0) is 36.3 Å². The van der Waals surface area contributed by atoms with Gasteiger partial charge in [-0.15, -0.1) is 11.8 Å². The van der Waals surface area contributed by atoms with Gasteiger partial charge in [0, 0.05) is 0 Å². The summed E-state index contributed by atoms with van der Waals surface area (Å²) in [5.41, 5.74) is 2.41. The number of rotatable bonds is 4. The maximum atomic E-state index is 12.5. The van der Waals surface area contributed by atoms with Gasteiger partial charge in [0.1, 0.15) is 22.3 Å². The fourth-order valence-corrected chi connectivity index (χ4v) is 3.94. The summed E-state index contributed by atoms with van der Waals surface area (Å²) in [4.78, 5) is 23.5. The minimum absolute atomic E-state index is 0.0759. The zero-order chi connectivity index (χ0) is 16.4. The molecule has 2 aromatic rings. The molecule has 3 rings (SSSR count). The standard InChI is InChI=1S/C17H17NO4S/c1-10-14(17(20)21)8-12(22-10)9-18-16(19)15-13-5-3-2-4-11(13)6-7-23-15/h2-5,8,15H,6-7,9H2,1H3,(H,18,19)(H,20,21)/t15-/m0/s1. The van der Waals surface area contributed by atoms with Crippen molar-refractivity contribution in [3.8, 4) is 0 Å². The molecule has 23 heavy (non-hydrogen) atoms. The van der Waals surface area contributed by atoms with Crippen molar-refractivity contribution in [3.63, 3.8) is 0 Å². The lowest BCUT2D eigenvalue weighted by Crippen LogP contribution is -2.29. The molecular formula is C17H17NO4S. The molecule has 0 aliphatic carbocycles. The van der Waals surface area contributed by atoms with Gasteiger partial charge in [-0.3, -0.25) is 4.79 Å². The number of amides is 1. The molecule has 0 spiro atoms. The van der Waals surface area contributed by atoms with E-state index in [-0.39, 0.29) is 23.3 Å². The first-order valence-corrected chi connectivity index (χ1v) is 8.41. The molecule has 0 saturated carbocycles. The topological polar surface area (TPSA) is 79.5 Å². The molecule has 1 aromatic heterocycles. The Bertz CT molecular complexity index is 753. The normalized spacial score (nSPS) is 16.7. The molecule has 6 heteroatoms. The molecule has 1 amide bonds. The molecule has 0 bridgehead atoms. The predicted molar refractivity (Wildman–Crippen MR) is 87.6 cm³/mol. The lowest BCUT2D eigenvalue weighted by atomic mass is 10.0. The van der Waals surface area contributed by atoms with Crippen molar-refractivity contribution in [3.05, 3.63) is 58.5 Å². The van der Waals surface area contributed by atoms with Crippen molar-refractivity contribution in [1.29, 1.82) is 0 Å². The third-order valence-corrected chi connectivity index (χ3v) is 5.11. The van der Waals surface area contributed by atoms with Crippen molar-refractivity contribution in [2.24, 2.45) is 0 Å². The Morgan fingerprint density at radius 1 is 1.39 bits per heavy atom. The molecule has 1 aliphatic heterocycles.